The first-order chi connectivity index (χ1) is 6.69. The Bertz CT molecular complexity index is 331. The van der Waals surface area contributed by atoms with Gasteiger partial charge in [0.15, 0.2) is 11.5 Å². The van der Waals surface area contributed by atoms with Crippen molar-refractivity contribution in [2.75, 3.05) is 0 Å². The number of hydrogen-bond acceptors (Lipinski definition) is 3. The molecule has 14 heavy (non-hydrogen) atoms. The zero-order valence-electron chi connectivity index (χ0n) is 8.41. The van der Waals surface area contributed by atoms with E-state index in [2.05, 4.69) is 0 Å². The number of aromatic hydroxyl groups is 1. The zero-order valence-corrected chi connectivity index (χ0v) is 8.41. The minimum absolute atomic E-state index is 0.0665. The topological polar surface area (TPSA) is 46.5 Å². The summed E-state index contributed by atoms with van der Waals surface area (Å²) in [4.78, 5) is 11.0. The molecule has 1 N–H and O–H groups in total. The van der Waals surface area contributed by atoms with Gasteiger partial charge in [-0.3, -0.25) is 4.79 Å². The molecule has 1 aromatic carbocycles. The van der Waals surface area contributed by atoms with E-state index in [-0.39, 0.29) is 17.5 Å². The summed E-state index contributed by atoms with van der Waals surface area (Å²) in [6, 6.07) is 5.15. The molecule has 0 unspecified atom stereocenters. The minimum Gasteiger partial charge on any atom is -0.504 e. The fraction of sp³-hybridized carbons (Fsp3) is 0.364. The average molecular weight is 194 g/mol. The van der Waals surface area contributed by atoms with E-state index in [0.29, 0.717) is 12.8 Å². The Labute approximate surface area is 83.3 Å². The molecule has 0 aromatic heterocycles. The number of ether oxygens (including phenoxy) is 1. The highest BCUT2D eigenvalue weighted by molar-refractivity contribution is 5.73. The number of phenolic OH excluding ortho intramolecular Hbond substituents is 1. The summed E-state index contributed by atoms with van der Waals surface area (Å²) >= 11 is 0. The number of aryl methyl sites for hydroxylation is 1. The van der Waals surface area contributed by atoms with Crippen LogP contribution in [0, 0.1) is 0 Å². The van der Waals surface area contributed by atoms with Crippen molar-refractivity contribution in [1.82, 2.24) is 0 Å². The van der Waals surface area contributed by atoms with Gasteiger partial charge in [0.25, 0.3) is 0 Å². The van der Waals surface area contributed by atoms with Crippen LogP contribution in [0.15, 0.2) is 18.2 Å². The van der Waals surface area contributed by atoms with Crippen LogP contribution in [0.1, 0.15) is 25.8 Å². The number of hydrogen-bond donors (Lipinski definition) is 1. The predicted molar refractivity (Wildman–Crippen MR) is 53.4 cm³/mol. The van der Waals surface area contributed by atoms with Crippen molar-refractivity contribution in [2.24, 2.45) is 0 Å². The van der Waals surface area contributed by atoms with Gasteiger partial charge in [-0.15, -0.1) is 0 Å². The van der Waals surface area contributed by atoms with Crippen LogP contribution in [0.3, 0.4) is 0 Å². The minimum atomic E-state index is -0.339. The van der Waals surface area contributed by atoms with E-state index in [1.54, 1.807) is 25.1 Å². The van der Waals surface area contributed by atoms with E-state index in [0.717, 1.165) is 5.56 Å². The molecule has 0 aliphatic heterocycles. The largest absolute Gasteiger partial charge is 0.504 e. The van der Waals surface area contributed by atoms with E-state index in [1.165, 1.54) is 0 Å². The number of carbonyl (C=O) groups excluding carboxylic acids is 1. The lowest BCUT2D eigenvalue weighted by atomic mass is 10.1. The Morgan fingerprint density at radius 2 is 2.14 bits per heavy atom. The number of para-hydroxylation sites is 1. The van der Waals surface area contributed by atoms with Gasteiger partial charge >= 0.3 is 5.97 Å². The van der Waals surface area contributed by atoms with E-state index in [4.69, 9.17) is 4.74 Å². The van der Waals surface area contributed by atoms with Gasteiger partial charge in [0, 0.05) is 6.42 Å². The van der Waals surface area contributed by atoms with Crippen molar-refractivity contribution in [2.45, 2.75) is 26.7 Å². The molecule has 0 spiro atoms. The first-order valence-electron chi connectivity index (χ1n) is 4.70. The first kappa shape index (κ1) is 10.6. The number of carbonyl (C=O) groups is 1. The van der Waals surface area contributed by atoms with Crippen LogP contribution in [0.2, 0.25) is 0 Å². The maximum atomic E-state index is 11.0. The quantitative estimate of drug-likeness (QED) is 0.593. The predicted octanol–water partition coefficient (Wildman–Crippen LogP) is 2.27. The third kappa shape index (κ3) is 2.25. The number of esters is 1. The monoisotopic (exact) mass is 194 g/mol. The first-order valence-corrected chi connectivity index (χ1v) is 4.70. The zero-order chi connectivity index (χ0) is 10.6. The summed E-state index contributed by atoms with van der Waals surface area (Å²) < 4.78 is 4.95. The highest BCUT2D eigenvalue weighted by Gasteiger charge is 2.09. The van der Waals surface area contributed by atoms with Crippen molar-refractivity contribution >= 4 is 5.97 Å². The highest BCUT2D eigenvalue weighted by atomic mass is 16.5. The van der Waals surface area contributed by atoms with E-state index < -0.39 is 0 Å². The molecule has 0 bridgehead atoms. The van der Waals surface area contributed by atoms with E-state index in [1.807, 2.05) is 6.92 Å². The van der Waals surface area contributed by atoms with Crippen LogP contribution < -0.4 is 4.74 Å². The van der Waals surface area contributed by atoms with E-state index in [9.17, 15) is 9.90 Å². The van der Waals surface area contributed by atoms with Crippen molar-refractivity contribution in [3.63, 3.8) is 0 Å². The molecule has 0 radical (unpaired) electrons. The molecule has 1 aromatic rings. The van der Waals surface area contributed by atoms with Gasteiger partial charge in [0.05, 0.1) is 0 Å². The van der Waals surface area contributed by atoms with Gasteiger partial charge in [-0.05, 0) is 18.1 Å². The molecule has 3 nitrogen and oxygen atoms in total. The maximum Gasteiger partial charge on any atom is 0.311 e. The van der Waals surface area contributed by atoms with Crippen LogP contribution >= 0.6 is 0 Å². The fourth-order valence-electron chi connectivity index (χ4n) is 1.13. The maximum absolute atomic E-state index is 11.0. The normalized spacial score (nSPS) is 9.86. The molecule has 0 heterocycles. The number of rotatable bonds is 3. The molecule has 0 saturated heterocycles. The van der Waals surface area contributed by atoms with Gasteiger partial charge < -0.3 is 9.84 Å². The molecule has 1 rings (SSSR count). The lowest BCUT2D eigenvalue weighted by Gasteiger charge is -2.07. The molecule has 0 saturated carbocycles. The Balaban J connectivity index is 2.92. The van der Waals surface area contributed by atoms with Gasteiger partial charge in [-0.1, -0.05) is 26.0 Å². The Hall–Kier alpha value is -1.51. The summed E-state index contributed by atoms with van der Waals surface area (Å²) in [6.07, 6.45) is 1.01. The van der Waals surface area contributed by atoms with Crippen molar-refractivity contribution < 1.29 is 14.6 Å². The van der Waals surface area contributed by atoms with Crippen molar-refractivity contribution in [3.8, 4) is 11.5 Å². The van der Waals surface area contributed by atoms with E-state index >= 15 is 0 Å². The molecule has 0 aliphatic rings. The number of benzene rings is 1. The fourth-order valence-corrected chi connectivity index (χ4v) is 1.13. The lowest BCUT2D eigenvalue weighted by Crippen LogP contribution is -2.05. The van der Waals surface area contributed by atoms with Gasteiger partial charge in [-0.2, -0.15) is 0 Å². The van der Waals surface area contributed by atoms with Crippen LogP contribution in [0.25, 0.3) is 0 Å². The van der Waals surface area contributed by atoms with Crippen LogP contribution in [-0.4, -0.2) is 11.1 Å². The second kappa shape index (κ2) is 4.65. The second-order valence-electron chi connectivity index (χ2n) is 2.95. The third-order valence-electron chi connectivity index (χ3n) is 1.98. The Morgan fingerprint density at radius 3 is 2.71 bits per heavy atom. The van der Waals surface area contributed by atoms with Gasteiger partial charge in [-0.25, -0.2) is 0 Å². The second-order valence-corrected chi connectivity index (χ2v) is 2.95. The van der Waals surface area contributed by atoms with Crippen molar-refractivity contribution in [1.29, 1.82) is 0 Å². The molecule has 76 valence electrons. The summed E-state index contributed by atoms with van der Waals surface area (Å²) in [5, 5.41) is 9.66. The number of phenols is 1. The summed E-state index contributed by atoms with van der Waals surface area (Å²) in [5.41, 5.74) is 0.784. The van der Waals surface area contributed by atoms with Gasteiger partial charge in [0.2, 0.25) is 0 Å². The summed E-state index contributed by atoms with van der Waals surface area (Å²) in [7, 11) is 0. The van der Waals surface area contributed by atoms with Crippen LogP contribution in [0.5, 0.6) is 11.5 Å². The molecule has 0 aliphatic carbocycles. The molecular weight excluding hydrogens is 180 g/mol. The Kier molecular flexibility index (Phi) is 3.51. The smallest absolute Gasteiger partial charge is 0.311 e. The standard InChI is InChI=1S/C11H14O3/c1-3-8-6-5-7-9(11(8)13)14-10(12)4-2/h5-7,13H,3-4H2,1-2H3. The average Bonchev–Trinajstić information content (AvgIpc) is 2.21. The van der Waals surface area contributed by atoms with Crippen LogP contribution in [0.4, 0.5) is 0 Å². The van der Waals surface area contributed by atoms with Crippen LogP contribution in [-0.2, 0) is 11.2 Å². The lowest BCUT2D eigenvalue weighted by molar-refractivity contribution is -0.134. The molecular formula is C11H14O3. The van der Waals surface area contributed by atoms with Crippen molar-refractivity contribution in [3.05, 3.63) is 23.8 Å². The van der Waals surface area contributed by atoms with Gasteiger partial charge in [0.1, 0.15) is 0 Å². The highest BCUT2D eigenvalue weighted by Crippen LogP contribution is 2.30. The Morgan fingerprint density at radius 1 is 1.43 bits per heavy atom. The molecule has 0 amide bonds. The summed E-state index contributed by atoms with van der Waals surface area (Å²) in [6.45, 7) is 3.64. The molecule has 0 atom stereocenters. The molecule has 3 heteroatoms. The molecule has 0 fully saturated rings. The third-order valence-corrected chi connectivity index (χ3v) is 1.98. The SMILES string of the molecule is CCC(=O)Oc1cccc(CC)c1O. The summed E-state index contributed by atoms with van der Waals surface area (Å²) in [5.74, 6) is -0.0263.